The molecule has 3 heterocycles. The molecule has 11 nitrogen and oxygen atoms in total. The maximum Gasteiger partial charge on any atom is 0.331 e. The van der Waals surface area contributed by atoms with Gasteiger partial charge in [-0.3, -0.25) is 23.5 Å². The molecule has 0 unspecified atom stereocenters. The molecule has 3 aromatic carbocycles. The molecule has 0 bridgehead atoms. The average molecular weight is 596 g/mol. The molecule has 0 spiro atoms. The number of para-hydroxylation sites is 1. The van der Waals surface area contributed by atoms with E-state index in [9.17, 15) is 19.2 Å². The molecule has 6 rings (SSSR count). The first-order valence-electron chi connectivity index (χ1n) is 14.6. The van der Waals surface area contributed by atoms with Gasteiger partial charge in [-0.1, -0.05) is 30.3 Å². The quantitative estimate of drug-likeness (QED) is 0.296. The van der Waals surface area contributed by atoms with Crippen LogP contribution < -0.4 is 30.9 Å². The Balaban J connectivity index is 1.25. The fourth-order valence-electron chi connectivity index (χ4n) is 5.55. The molecule has 2 aliphatic heterocycles. The van der Waals surface area contributed by atoms with Crippen LogP contribution in [0.2, 0.25) is 0 Å². The number of benzene rings is 3. The maximum absolute atomic E-state index is 13.6. The average Bonchev–Trinajstić information content (AvgIpc) is 3.54. The third-order valence-corrected chi connectivity index (χ3v) is 7.98. The van der Waals surface area contributed by atoms with Crippen LogP contribution in [0, 0.1) is 0 Å². The Morgan fingerprint density at radius 1 is 0.886 bits per heavy atom. The van der Waals surface area contributed by atoms with Crippen LogP contribution >= 0.6 is 0 Å². The molecule has 1 fully saturated rings. The molecule has 226 valence electrons. The van der Waals surface area contributed by atoms with Crippen LogP contribution in [0.25, 0.3) is 10.9 Å². The summed E-state index contributed by atoms with van der Waals surface area (Å²) in [7, 11) is 0. The summed E-state index contributed by atoms with van der Waals surface area (Å²) in [5.41, 5.74) is 1.35. The Bertz CT molecular complexity index is 1840. The second-order valence-corrected chi connectivity index (χ2v) is 10.7. The molecular formula is C33H33N5O6. The lowest BCUT2D eigenvalue weighted by Crippen LogP contribution is -2.50. The Morgan fingerprint density at radius 2 is 1.66 bits per heavy atom. The summed E-state index contributed by atoms with van der Waals surface area (Å²) < 4.78 is 13.2. The molecule has 0 atom stereocenters. The number of nitrogens with zero attached hydrogens (tertiary/aromatic N) is 4. The standard InChI is InChI=1S/C33H33N5O6/c1-2-3-13-37-32(41)26-11-10-24(31(40)34-20-23-9-12-28-29(18-23)44-22-43-28)19-27(26)38(33(37)42)21-30(39)36-16-14-35(15-17-36)25-7-5-4-6-8-25/h2,4-12,18-19H,1,3,13-17,20-22H2,(H,34,40). The van der Waals surface area contributed by atoms with Gasteiger partial charge in [0, 0.05) is 50.5 Å². The van der Waals surface area contributed by atoms with Crippen LogP contribution in [0.3, 0.4) is 0 Å². The number of hydrogen-bond acceptors (Lipinski definition) is 7. The van der Waals surface area contributed by atoms with Crippen molar-refractivity contribution < 1.29 is 19.1 Å². The zero-order valence-corrected chi connectivity index (χ0v) is 24.2. The van der Waals surface area contributed by atoms with Gasteiger partial charge >= 0.3 is 5.69 Å². The summed E-state index contributed by atoms with van der Waals surface area (Å²) in [4.78, 5) is 57.6. The van der Waals surface area contributed by atoms with Gasteiger partial charge in [-0.2, -0.15) is 0 Å². The van der Waals surface area contributed by atoms with E-state index >= 15 is 0 Å². The normalized spacial score (nSPS) is 14.1. The highest BCUT2D eigenvalue weighted by atomic mass is 16.7. The van der Waals surface area contributed by atoms with Crippen molar-refractivity contribution in [2.24, 2.45) is 0 Å². The van der Waals surface area contributed by atoms with Crippen LogP contribution in [-0.4, -0.2) is 58.8 Å². The van der Waals surface area contributed by atoms with E-state index in [1.165, 1.54) is 16.7 Å². The predicted octanol–water partition coefficient (Wildman–Crippen LogP) is 2.75. The lowest BCUT2D eigenvalue weighted by atomic mass is 10.1. The zero-order valence-electron chi connectivity index (χ0n) is 24.2. The Morgan fingerprint density at radius 3 is 2.43 bits per heavy atom. The van der Waals surface area contributed by atoms with E-state index in [1.807, 2.05) is 36.4 Å². The van der Waals surface area contributed by atoms with Gasteiger partial charge in [0.05, 0.1) is 10.9 Å². The summed E-state index contributed by atoms with van der Waals surface area (Å²) in [6.45, 7) is 6.31. The molecule has 0 radical (unpaired) electrons. The van der Waals surface area contributed by atoms with Crippen molar-refractivity contribution >= 4 is 28.4 Å². The number of carbonyl (C=O) groups excluding carboxylic acids is 2. The van der Waals surface area contributed by atoms with Gasteiger partial charge in [0.1, 0.15) is 6.54 Å². The van der Waals surface area contributed by atoms with Gasteiger partial charge in [-0.15, -0.1) is 6.58 Å². The SMILES string of the molecule is C=CCCn1c(=O)c2ccc(C(=O)NCc3ccc4c(c3)OCO4)cc2n(CC(=O)N2CCN(c3ccccc3)CC2)c1=O. The smallest absolute Gasteiger partial charge is 0.331 e. The fraction of sp³-hybridized carbons (Fsp3) is 0.273. The second kappa shape index (κ2) is 12.5. The van der Waals surface area contributed by atoms with E-state index in [0.717, 1.165) is 15.8 Å². The van der Waals surface area contributed by atoms with E-state index in [2.05, 4.69) is 16.8 Å². The maximum atomic E-state index is 13.6. The van der Waals surface area contributed by atoms with Crippen LogP contribution in [0.4, 0.5) is 5.69 Å². The van der Waals surface area contributed by atoms with E-state index < -0.39 is 11.2 Å². The Hall–Kier alpha value is -5.32. The highest BCUT2D eigenvalue weighted by Gasteiger charge is 2.24. The van der Waals surface area contributed by atoms with Crippen molar-refractivity contribution in [3.8, 4) is 11.5 Å². The second-order valence-electron chi connectivity index (χ2n) is 10.7. The number of amides is 2. The van der Waals surface area contributed by atoms with Crippen molar-refractivity contribution in [3.05, 3.63) is 111 Å². The van der Waals surface area contributed by atoms with Gasteiger partial charge < -0.3 is 24.6 Å². The number of fused-ring (bicyclic) bond motifs is 2. The van der Waals surface area contributed by atoms with Crippen molar-refractivity contribution in [1.29, 1.82) is 0 Å². The number of piperazine rings is 1. The third kappa shape index (κ3) is 5.81. The highest BCUT2D eigenvalue weighted by Crippen LogP contribution is 2.32. The number of rotatable bonds is 9. The number of hydrogen-bond donors (Lipinski definition) is 1. The van der Waals surface area contributed by atoms with Crippen molar-refractivity contribution in [3.63, 3.8) is 0 Å². The summed E-state index contributed by atoms with van der Waals surface area (Å²) in [6, 6.07) is 20.0. The van der Waals surface area contributed by atoms with Gasteiger partial charge in [0.25, 0.3) is 11.5 Å². The molecule has 1 N–H and O–H groups in total. The van der Waals surface area contributed by atoms with E-state index in [-0.39, 0.29) is 54.7 Å². The number of nitrogens with one attached hydrogen (secondary N) is 1. The predicted molar refractivity (Wildman–Crippen MR) is 166 cm³/mol. The van der Waals surface area contributed by atoms with Gasteiger partial charge in [-0.05, 0) is 54.4 Å². The summed E-state index contributed by atoms with van der Waals surface area (Å²) >= 11 is 0. The molecule has 1 aromatic heterocycles. The first-order valence-corrected chi connectivity index (χ1v) is 14.6. The van der Waals surface area contributed by atoms with Crippen LogP contribution in [0.15, 0.2) is 89.0 Å². The van der Waals surface area contributed by atoms with Gasteiger partial charge in [-0.25, -0.2) is 4.79 Å². The molecule has 4 aromatic rings. The van der Waals surface area contributed by atoms with Crippen LogP contribution in [-0.2, 0) is 24.4 Å². The van der Waals surface area contributed by atoms with Crippen molar-refractivity contribution in [1.82, 2.24) is 19.4 Å². The van der Waals surface area contributed by atoms with Crippen molar-refractivity contribution in [2.75, 3.05) is 37.9 Å². The number of aromatic nitrogens is 2. The number of anilines is 1. The van der Waals surface area contributed by atoms with Gasteiger partial charge in [0.2, 0.25) is 12.7 Å². The monoisotopic (exact) mass is 595 g/mol. The Labute approximate surface area is 253 Å². The number of carbonyl (C=O) groups is 2. The summed E-state index contributed by atoms with van der Waals surface area (Å²) in [5, 5.41) is 3.12. The first kappa shape index (κ1) is 28.8. The third-order valence-electron chi connectivity index (χ3n) is 7.98. The lowest BCUT2D eigenvalue weighted by molar-refractivity contribution is -0.132. The minimum Gasteiger partial charge on any atom is -0.454 e. The minimum absolute atomic E-state index is 0.138. The number of ether oxygens (including phenoxy) is 2. The van der Waals surface area contributed by atoms with Crippen LogP contribution in [0.5, 0.6) is 11.5 Å². The lowest BCUT2D eigenvalue weighted by Gasteiger charge is -2.36. The van der Waals surface area contributed by atoms with Crippen molar-refractivity contribution in [2.45, 2.75) is 26.1 Å². The molecule has 0 aliphatic carbocycles. The molecule has 2 amide bonds. The van der Waals surface area contributed by atoms with E-state index in [4.69, 9.17) is 9.47 Å². The largest absolute Gasteiger partial charge is 0.454 e. The minimum atomic E-state index is -0.599. The molecule has 2 aliphatic rings. The molecule has 11 heteroatoms. The number of allylic oxidation sites excluding steroid dienone is 1. The highest BCUT2D eigenvalue weighted by molar-refractivity contribution is 5.98. The summed E-state index contributed by atoms with van der Waals surface area (Å²) in [6.07, 6.45) is 2.04. The fourth-order valence-corrected chi connectivity index (χ4v) is 5.55. The van der Waals surface area contributed by atoms with E-state index in [1.54, 1.807) is 29.2 Å². The topological polar surface area (TPSA) is 115 Å². The zero-order chi connectivity index (χ0) is 30.6. The van der Waals surface area contributed by atoms with E-state index in [0.29, 0.717) is 44.1 Å². The Kier molecular flexibility index (Phi) is 8.18. The molecule has 1 saturated heterocycles. The van der Waals surface area contributed by atoms with Gasteiger partial charge in [0.15, 0.2) is 11.5 Å². The molecule has 44 heavy (non-hydrogen) atoms. The first-order chi connectivity index (χ1) is 21.4. The summed E-state index contributed by atoms with van der Waals surface area (Å²) in [5.74, 6) is 0.653. The van der Waals surface area contributed by atoms with Crippen LogP contribution in [0.1, 0.15) is 22.3 Å². The molecular weight excluding hydrogens is 562 g/mol. The molecule has 0 saturated carbocycles.